The van der Waals surface area contributed by atoms with Gasteiger partial charge in [-0.3, -0.25) is 4.79 Å². The van der Waals surface area contributed by atoms with Crippen molar-refractivity contribution in [2.24, 2.45) is 0 Å². The standard InChI is InChI=1S/C13H14BrNO5/c14-10-3-1-2-9-6-15(4-5-20-13(9)10)11(16)7-19-8-12(17)18/h1-3H,4-8H2,(H,17,18). The normalized spacial score (nSPS) is 14.2. The molecule has 1 amide bonds. The number of nitrogens with zero attached hydrogens (tertiary/aromatic N) is 1. The van der Waals surface area contributed by atoms with Crippen molar-refractivity contribution < 1.29 is 24.2 Å². The zero-order valence-corrected chi connectivity index (χ0v) is 12.3. The van der Waals surface area contributed by atoms with Crippen LogP contribution < -0.4 is 4.74 Å². The van der Waals surface area contributed by atoms with E-state index in [4.69, 9.17) is 14.6 Å². The SMILES string of the molecule is O=C(O)COCC(=O)N1CCOc2c(Br)cccc2C1. The Kier molecular flexibility index (Phi) is 4.97. The van der Waals surface area contributed by atoms with Gasteiger partial charge in [-0.15, -0.1) is 0 Å². The average molecular weight is 344 g/mol. The van der Waals surface area contributed by atoms with Crippen LogP contribution >= 0.6 is 15.9 Å². The Bertz CT molecular complexity index is 519. The van der Waals surface area contributed by atoms with E-state index in [1.807, 2.05) is 18.2 Å². The van der Waals surface area contributed by atoms with Crippen molar-refractivity contribution in [3.8, 4) is 5.75 Å². The van der Waals surface area contributed by atoms with Gasteiger partial charge in [-0.05, 0) is 22.0 Å². The van der Waals surface area contributed by atoms with Crippen molar-refractivity contribution in [1.29, 1.82) is 0 Å². The van der Waals surface area contributed by atoms with Gasteiger partial charge < -0.3 is 19.5 Å². The van der Waals surface area contributed by atoms with Gasteiger partial charge in [-0.2, -0.15) is 0 Å². The highest BCUT2D eigenvalue weighted by molar-refractivity contribution is 9.10. The lowest BCUT2D eigenvalue weighted by molar-refractivity contribution is -0.146. The monoisotopic (exact) mass is 343 g/mol. The Labute approximate surface area is 124 Å². The number of rotatable bonds is 4. The van der Waals surface area contributed by atoms with Crippen LogP contribution in [0.25, 0.3) is 0 Å². The van der Waals surface area contributed by atoms with E-state index < -0.39 is 12.6 Å². The van der Waals surface area contributed by atoms with E-state index in [2.05, 4.69) is 15.9 Å². The van der Waals surface area contributed by atoms with Gasteiger partial charge in [0.25, 0.3) is 0 Å². The number of ether oxygens (including phenoxy) is 2. The van der Waals surface area contributed by atoms with Gasteiger partial charge in [0.2, 0.25) is 5.91 Å². The largest absolute Gasteiger partial charge is 0.490 e. The number of carboxylic acids is 1. The van der Waals surface area contributed by atoms with Crippen LogP contribution in [0.1, 0.15) is 5.56 Å². The fourth-order valence-electron chi connectivity index (χ4n) is 1.91. The fraction of sp³-hybridized carbons (Fsp3) is 0.385. The van der Waals surface area contributed by atoms with E-state index in [-0.39, 0.29) is 12.5 Å². The number of carbonyl (C=O) groups excluding carboxylic acids is 1. The highest BCUT2D eigenvalue weighted by atomic mass is 79.9. The molecule has 2 rings (SSSR count). The molecule has 1 heterocycles. The van der Waals surface area contributed by atoms with Gasteiger partial charge in [0.1, 0.15) is 25.6 Å². The second-order valence-electron chi connectivity index (χ2n) is 4.28. The lowest BCUT2D eigenvalue weighted by Crippen LogP contribution is -2.35. The smallest absolute Gasteiger partial charge is 0.329 e. The summed E-state index contributed by atoms with van der Waals surface area (Å²) in [6.45, 7) is 0.536. The molecule has 1 aliphatic heterocycles. The maximum atomic E-state index is 12.0. The minimum absolute atomic E-state index is 0.240. The molecular formula is C13H14BrNO5. The molecule has 0 aromatic heterocycles. The molecule has 0 saturated heterocycles. The van der Waals surface area contributed by atoms with Crippen molar-refractivity contribution in [3.63, 3.8) is 0 Å². The van der Waals surface area contributed by atoms with Gasteiger partial charge in [0.05, 0.1) is 11.0 Å². The summed E-state index contributed by atoms with van der Waals surface area (Å²) < 4.78 is 11.3. The van der Waals surface area contributed by atoms with E-state index >= 15 is 0 Å². The van der Waals surface area contributed by atoms with Crippen LogP contribution in [0.15, 0.2) is 22.7 Å². The molecule has 6 nitrogen and oxygen atoms in total. The number of fused-ring (bicyclic) bond motifs is 1. The van der Waals surface area contributed by atoms with Crippen LogP contribution in [-0.2, 0) is 20.9 Å². The molecule has 0 radical (unpaired) electrons. The zero-order chi connectivity index (χ0) is 14.5. The molecule has 0 bridgehead atoms. The first-order valence-electron chi connectivity index (χ1n) is 6.05. The van der Waals surface area contributed by atoms with Crippen LogP contribution in [0.3, 0.4) is 0 Å². The summed E-state index contributed by atoms with van der Waals surface area (Å²) >= 11 is 3.41. The van der Waals surface area contributed by atoms with E-state index in [0.29, 0.717) is 19.7 Å². The summed E-state index contributed by atoms with van der Waals surface area (Å²) in [5, 5.41) is 8.47. The number of benzene rings is 1. The molecule has 1 aromatic carbocycles. The minimum Gasteiger partial charge on any atom is -0.490 e. The maximum absolute atomic E-state index is 12.0. The quantitative estimate of drug-likeness (QED) is 0.890. The van der Waals surface area contributed by atoms with E-state index in [0.717, 1.165) is 15.8 Å². The van der Waals surface area contributed by atoms with Crippen molar-refractivity contribution in [2.75, 3.05) is 26.4 Å². The molecule has 108 valence electrons. The number of carbonyl (C=O) groups is 2. The lowest BCUT2D eigenvalue weighted by Gasteiger charge is -2.19. The Hall–Kier alpha value is -1.60. The van der Waals surface area contributed by atoms with Gasteiger partial charge in [-0.25, -0.2) is 4.79 Å². The third kappa shape index (κ3) is 3.71. The highest BCUT2D eigenvalue weighted by Crippen LogP contribution is 2.31. The predicted molar refractivity (Wildman–Crippen MR) is 73.5 cm³/mol. The molecule has 0 atom stereocenters. The first-order valence-corrected chi connectivity index (χ1v) is 6.84. The van der Waals surface area contributed by atoms with Gasteiger partial charge >= 0.3 is 5.97 Å². The Balaban J connectivity index is 2.00. The summed E-state index contributed by atoms with van der Waals surface area (Å²) in [4.78, 5) is 23.9. The maximum Gasteiger partial charge on any atom is 0.329 e. The molecule has 1 aromatic rings. The molecule has 0 unspecified atom stereocenters. The summed E-state index contributed by atoms with van der Waals surface area (Å²) in [6.07, 6.45) is 0. The van der Waals surface area contributed by atoms with Crippen molar-refractivity contribution >= 4 is 27.8 Å². The number of carboxylic acid groups (broad SMARTS) is 1. The van der Waals surface area contributed by atoms with Gasteiger partial charge in [0, 0.05) is 12.1 Å². The number of para-hydroxylation sites is 1. The third-order valence-electron chi connectivity index (χ3n) is 2.82. The Morgan fingerprint density at radius 1 is 1.40 bits per heavy atom. The summed E-state index contributed by atoms with van der Waals surface area (Å²) in [5.41, 5.74) is 0.906. The molecule has 1 N–H and O–H groups in total. The fourth-order valence-corrected chi connectivity index (χ4v) is 2.43. The zero-order valence-electron chi connectivity index (χ0n) is 10.7. The molecule has 0 saturated carbocycles. The van der Waals surface area contributed by atoms with E-state index in [9.17, 15) is 9.59 Å². The van der Waals surface area contributed by atoms with Crippen LogP contribution in [0.5, 0.6) is 5.75 Å². The topological polar surface area (TPSA) is 76.1 Å². The van der Waals surface area contributed by atoms with Crippen molar-refractivity contribution in [1.82, 2.24) is 4.90 Å². The molecule has 0 spiro atoms. The van der Waals surface area contributed by atoms with Gasteiger partial charge in [-0.1, -0.05) is 12.1 Å². The Morgan fingerprint density at radius 2 is 2.20 bits per heavy atom. The van der Waals surface area contributed by atoms with Crippen LogP contribution in [0, 0.1) is 0 Å². The molecule has 0 aliphatic carbocycles. The Morgan fingerprint density at radius 3 is 2.95 bits per heavy atom. The summed E-state index contributed by atoms with van der Waals surface area (Å²) in [7, 11) is 0. The molecule has 7 heteroatoms. The highest BCUT2D eigenvalue weighted by Gasteiger charge is 2.21. The predicted octanol–water partition coefficient (Wildman–Crippen LogP) is 1.27. The summed E-state index contributed by atoms with van der Waals surface area (Å²) in [6, 6.07) is 5.65. The number of hydrogen-bond donors (Lipinski definition) is 1. The lowest BCUT2D eigenvalue weighted by atomic mass is 10.2. The first kappa shape index (κ1) is 14.8. The van der Waals surface area contributed by atoms with Gasteiger partial charge in [0.15, 0.2) is 0 Å². The number of amides is 1. The number of hydrogen-bond acceptors (Lipinski definition) is 4. The summed E-state index contributed by atoms with van der Waals surface area (Å²) in [5.74, 6) is -0.594. The van der Waals surface area contributed by atoms with Crippen molar-refractivity contribution in [3.05, 3.63) is 28.2 Å². The van der Waals surface area contributed by atoms with E-state index in [1.54, 1.807) is 4.90 Å². The van der Waals surface area contributed by atoms with Crippen molar-refractivity contribution in [2.45, 2.75) is 6.54 Å². The minimum atomic E-state index is -1.09. The molecular weight excluding hydrogens is 330 g/mol. The van der Waals surface area contributed by atoms with Crippen LogP contribution in [0.2, 0.25) is 0 Å². The third-order valence-corrected chi connectivity index (χ3v) is 3.45. The van der Waals surface area contributed by atoms with Crippen LogP contribution in [0.4, 0.5) is 0 Å². The first-order chi connectivity index (χ1) is 9.58. The molecule has 0 fully saturated rings. The number of aliphatic carboxylic acids is 1. The van der Waals surface area contributed by atoms with E-state index in [1.165, 1.54) is 0 Å². The second-order valence-corrected chi connectivity index (χ2v) is 5.13. The molecule has 1 aliphatic rings. The second kappa shape index (κ2) is 6.71. The van der Waals surface area contributed by atoms with Crippen LogP contribution in [-0.4, -0.2) is 48.2 Å². The molecule has 20 heavy (non-hydrogen) atoms. The average Bonchev–Trinajstić information content (AvgIpc) is 2.61. The number of halogens is 1.